The minimum atomic E-state index is -0.661. The molecule has 1 aromatic heterocycles. The fourth-order valence-electron chi connectivity index (χ4n) is 2.97. The lowest BCUT2D eigenvalue weighted by molar-refractivity contribution is -0.120. The zero-order valence-corrected chi connectivity index (χ0v) is 13.2. The fraction of sp³-hybridized carbons (Fsp3) is 0.105. The minimum Gasteiger partial charge on any atom is -0.508 e. The molecule has 3 N–H and O–H groups in total. The number of urea groups is 1. The van der Waals surface area contributed by atoms with E-state index in [9.17, 15) is 14.7 Å². The third-order valence-electron chi connectivity index (χ3n) is 4.29. The third kappa shape index (κ3) is 2.89. The van der Waals surface area contributed by atoms with Crippen LogP contribution in [0.2, 0.25) is 0 Å². The molecule has 0 saturated carbocycles. The van der Waals surface area contributed by atoms with Crippen LogP contribution in [0.15, 0.2) is 54.7 Å². The number of amides is 3. The Morgan fingerprint density at radius 2 is 1.88 bits per heavy atom. The SMILES string of the molecule is O=C1NC(=O)C(Cc2ccc(-c3cnc4ccccc4c3)cc2O)N1. The molecule has 0 aliphatic carbocycles. The number of imide groups is 1. The summed E-state index contributed by atoms with van der Waals surface area (Å²) in [6.07, 6.45) is 2.00. The number of aromatic nitrogens is 1. The van der Waals surface area contributed by atoms with Crippen molar-refractivity contribution in [2.75, 3.05) is 0 Å². The van der Waals surface area contributed by atoms with Crippen LogP contribution in [0.1, 0.15) is 5.56 Å². The molecular formula is C19H15N3O3. The largest absolute Gasteiger partial charge is 0.508 e. The fourth-order valence-corrected chi connectivity index (χ4v) is 2.97. The van der Waals surface area contributed by atoms with Gasteiger partial charge in [-0.1, -0.05) is 30.3 Å². The zero-order chi connectivity index (χ0) is 17.4. The molecule has 25 heavy (non-hydrogen) atoms. The van der Waals surface area contributed by atoms with Crippen molar-refractivity contribution in [1.29, 1.82) is 0 Å². The molecule has 1 saturated heterocycles. The first-order valence-corrected chi connectivity index (χ1v) is 7.88. The summed E-state index contributed by atoms with van der Waals surface area (Å²) in [6.45, 7) is 0. The van der Waals surface area contributed by atoms with Gasteiger partial charge in [0, 0.05) is 23.6 Å². The molecule has 6 nitrogen and oxygen atoms in total. The van der Waals surface area contributed by atoms with Crippen LogP contribution in [0.4, 0.5) is 4.79 Å². The van der Waals surface area contributed by atoms with Gasteiger partial charge in [0.2, 0.25) is 0 Å². The van der Waals surface area contributed by atoms with Crippen LogP contribution in [-0.4, -0.2) is 28.1 Å². The maximum absolute atomic E-state index is 11.6. The van der Waals surface area contributed by atoms with Gasteiger partial charge in [0.25, 0.3) is 5.91 Å². The Morgan fingerprint density at radius 1 is 1.04 bits per heavy atom. The average molecular weight is 333 g/mol. The summed E-state index contributed by atoms with van der Waals surface area (Å²) in [5.74, 6) is -0.299. The number of nitrogens with zero attached hydrogens (tertiary/aromatic N) is 1. The van der Waals surface area contributed by atoms with Gasteiger partial charge < -0.3 is 10.4 Å². The van der Waals surface area contributed by atoms with Crippen LogP contribution in [0, 0.1) is 0 Å². The second kappa shape index (κ2) is 5.90. The lowest BCUT2D eigenvalue weighted by Crippen LogP contribution is -2.31. The molecule has 1 aliphatic rings. The van der Waals surface area contributed by atoms with E-state index in [0.29, 0.717) is 5.56 Å². The van der Waals surface area contributed by atoms with E-state index in [0.717, 1.165) is 22.0 Å². The standard InChI is InChI=1S/C19H15N3O3/c23-17-9-11(14-7-12-3-1-2-4-15(12)20-10-14)5-6-13(17)8-16-18(24)22-19(25)21-16/h1-7,9-10,16,23H,8H2,(H2,21,22,24,25). The summed E-state index contributed by atoms with van der Waals surface area (Å²) < 4.78 is 0. The summed E-state index contributed by atoms with van der Waals surface area (Å²) in [6, 6.07) is 14.0. The highest BCUT2D eigenvalue weighted by Gasteiger charge is 2.30. The molecule has 0 radical (unpaired) electrons. The number of aromatic hydroxyl groups is 1. The highest BCUT2D eigenvalue weighted by molar-refractivity contribution is 6.04. The summed E-state index contributed by atoms with van der Waals surface area (Å²) in [5.41, 5.74) is 3.24. The maximum atomic E-state index is 11.6. The van der Waals surface area contributed by atoms with Crippen molar-refractivity contribution in [1.82, 2.24) is 15.6 Å². The molecule has 1 aliphatic heterocycles. The smallest absolute Gasteiger partial charge is 0.322 e. The first kappa shape index (κ1) is 15.1. The Labute approximate surface area is 143 Å². The van der Waals surface area contributed by atoms with Gasteiger partial charge in [-0.05, 0) is 29.3 Å². The van der Waals surface area contributed by atoms with Gasteiger partial charge in [-0.2, -0.15) is 0 Å². The number of para-hydroxylation sites is 1. The van der Waals surface area contributed by atoms with E-state index in [1.807, 2.05) is 36.4 Å². The Hall–Kier alpha value is -3.41. The van der Waals surface area contributed by atoms with Gasteiger partial charge in [-0.15, -0.1) is 0 Å². The second-order valence-corrected chi connectivity index (χ2v) is 5.98. The molecule has 3 aromatic rings. The summed E-state index contributed by atoms with van der Waals surface area (Å²) >= 11 is 0. The van der Waals surface area contributed by atoms with E-state index < -0.39 is 12.1 Å². The number of pyridine rings is 1. The van der Waals surface area contributed by atoms with Crippen LogP contribution < -0.4 is 10.6 Å². The zero-order valence-electron chi connectivity index (χ0n) is 13.2. The number of carbonyl (C=O) groups excluding carboxylic acids is 2. The molecule has 2 aromatic carbocycles. The topological polar surface area (TPSA) is 91.3 Å². The lowest BCUT2D eigenvalue weighted by atomic mass is 9.99. The number of phenolic OH excluding ortho intramolecular Hbond substituents is 1. The van der Waals surface area contributed by atoms with E-state index in [4.69, 9.17) is 0 Å². The van der Waals surface area contributed by atoms with E-state index in [2.05, 4.69) is 15.6 Å². The molecule has 124 valence electrons. The van der Waals surface area contributed by atoms with Crippen LogP contribution >= 0.6 is 0 Å². The van der Waals surface area contributed by atoms with Gasteiger partial charge in [0.15, 0.2) is 0 Å². The Morgan fingerprint density at radius 3 is 2.64 bits per heavy atom. The Balaban J connectivity index is 1.62. The normalized spacial score (nSPS) is 16.7. The van der Waals surface area contributed by atoms with E-state index in [1.54, 1.807) is 18.3 Å². The van der Waals surface area contributed by atoms with Crippen molar-refractivity contribution in [2.45, 2.75) is 12.5 Å². The van der Waals surface area contributed by atoms with Gasteiger partial charge >= 0.3 is 6.03 Å². The summed E-state index contributed by atoms with van der Waals surface area (Å²) in [5, 5.41) is 16.0. The lowest BCUT2D eigenvalue weighted by Gasteiger charge is -2.11. The third-order valence-corrected chi connectivity index (χ3v) is 4.29. The quantitative estimate of drug-likeness (QED) is 0.642. The van der Waals surface area contributed by atoms with Crippen LogP contribution in [0.25, 0.3) is 22.0 Å². The number of hydrogen-bond donors (Lipinski definition) is 3. The molecule has 1 atom stereocenters. The predicted octanol–water partition coefficient (Wildman–Crippen LogP) is 2.36. The summed E-state index contributed by atoms with van der Waals surface area (Å²) in [4.78, 5) is 27.2. The number of phenols is 1. The molecule has 1 unspecified atom stereocenters. The minimum absolute atomic E-state index is 0.0830. The van der Waals surface area contributed by atoms with Gasteiger partial charge in [0.1, 0.15) is 11.8 Å². The van der Waals surface area contributed by atoms with Crippen LogP contribution in [-0.2, 0) is 11.2 Å². The molecule has 2 heterocycles. The Bertz CT molecular complexity index is 1000. The number of rotatable bonds is 3. The molecular weight excluding hydrogens is 318 g/mol. The highest BCUT2D eigenvalue weighted by Crippen LogP contribution is 2.28. The van der Waals surface area contributed by atoms with E-state index in [1.165, 1.54) is 0 Å². The van der Waals surface area contributed by atoms with Crippen molar-refractivity contribution < 1.29 is 14.7 Å². The van der Waals surface area contributed by atoms with Gasteiger partial charge in [0.05, 0.1) is 5.52 Å². The predicted molar refractivity (Wildman–Crippen MR) is 93.0 cm³/mol. The van der Waals surface area contributed by atoms with Crippen LogP contribution in [0.5, 0.6) is 5.75 Å². The van der Waals surface area contributed by atoms with Gasteiger partial charge in [-0.25, -0.2) is 4.79 Å². The van der Waals surface area contributed by atoms with Crippen molar-refractivity contribution >= 4 is 22.8 Å². The maximum Gasteiger partial charge on any atom is 0.322 e. The molecule has 1 fully saturated rings. The average Bonchev–Trinajstić information content (AvgIpc) is 2.93. The molecule has 0 spiro atoms. The molecule has 0 bridgehead atoms. The number of fused-ring (bicyclic) bond motifs is 1. The molecule has 6 heteroatoms. The second-order valence-electron chi connectivity index (χ2n) is 5.98. The van der Waals surface area contributed by atoms with E-state index in [-0.39, 0.29) is 18.1 Å². The number of carbonyl (C=O) groups is 2. The number of nitrogens with one attached hydrogen (secondary N) is 2. The molecule has 4 rings (SSSR count). The monoisotopic (exact) mass is 333 g/mol. The molecule has 3 amide bonds. The van der Waals surface area contributed by atoms with Crippen molar-refractivity contribution in [3.63, 3.8) is 0 Å². The van der Waals surface area contributed by atoms with Crippen molar-refractivity contribution in [2.24, 2.45) is 0 Å². The van der Waals surface area contributed by atoms with Crippen molar-refractivity contribution in [3.8, 4) is 16.9 Å². The number of hydrogen-bond acceptors (Lipinski definition) is 4. The van der Waals surface area contributed by atoms with E-state index >= 15 is 0 Å². The van der Waals surface area contributed by atoms with Gasteiger partial charge in [-0.3, -0.25) is 15.1 Å². The van der Waals surface area contributed by atoms with Crippen molar-refractivity contribution in [3.05, 3.63) is 60.3 Å². The number of benzene rings is 2. The Kier molecular flexibility index (Phi) is 3.57. The van der Waals surface area contributed by atoms with Crippen LogP contribution in [0.3, 0.4) is 0 Å². The first-order valence-electron chi connectivity index (χ1n) is 7.88. The summed E-state index contributed by atoms with van der Waals surface area (Å²) in [7, 11) is 0. The highest BCUT2D eigenvalue weighted by atomic mass is 16.3. The first-order chi connectivity index (χ1) is 12.1.